The molecule has 0 saturated carbocycles. The quantitative estimate of drug-likeness (QED) is 0.782. The van der Waals surface area contributed by atoms with Crippen LogP contribution < -0.4 is 10.6 Å². The zero-order valence-corrected chi connectivity index (χ0v) is 14.0. The van der Waals surface area contributed by atoms with E-state index in [9.17, 15) is 0 Å². The van der Waals surface area contributed by atoms with Gasteiger partial charge in [0.15, 0.2) is 5.42 Å². The molecule has 2 aromatic rings. The summed E-state index contributed by atoms with van der Waals surface area (Å²) in [6, 6.07) is 6.30. The van der Waals surface area contributed by atoms with E-state index in [1.54, 1.807) is 0 Å². The van der Waals surface area contributed by atoms with Gasteiger partial charge in [0.25, 0.3) is 0 Å². The summed E-state index contributed by atoms with van der Waals surface area (Å²) < 4.78 is 6.18. The summed E-state index contributed by atoms with van der Waals surface area (Å²) in [6.45, 7) is 10.7. The van der Waals surface area contributed by atoms with E-state index in [2.05, 4.69) is 65.0 Å². The van der Waals surface area contributed by atoms with E-state index in [1.807, 2.05) is 6.21 Å². The molecular weight excluding hydrogens is 270 g/mol. The Morgan fingerprint density at radius 1 is 1.32 bits per heavy atom. The first-order valence-electron chi connectivity index (χ1n) is 7.90. The molecule has 1 aromatic heterocycles. The lowest BCUT2D eigenvalue weighted by Crippen LogP contribution is -2.18. The van der Waals surface area contributed by atoms with Gasteiger partial charge in [-0.05, 0) is 31.4 Å². The summed E-state index contributed by atoms with van der Waals surface area (Å²) in [7, 11) is 0. The molecule has 0 amide bonds. The highest BCUT2D eigenvalue weighted by Crippen LogP contribution is 2.33. The molecular formula is C20H23NO. The van der Waals surface area contributed by atoms with Crippen molar-refractivity contribution in [1.29, 1.82) is 0 Å². The Bertz CT molecular complexity index is 907. The van der Waals surface area contributed by atoms with Crippen LogP contribution in [0.5, 0.6) is 0 Å². The Balaban J connectivity index is 2.27. The summed E-state index contributed by atoms with van der Waals surface area (Å²) in [6.07, 6.45) is 7.43. The van der Waals surface area contributed by atoms with Crippen LogP contribution in [0.2, 0.25) is 0 Å². The highest BCUT2D eigenvalue weighted by molar-refractivity contribution is 5.88. The molecule has 0 saturated heterocycles. The Labute approximate surface area is 131 Å². The molecule has 114 valence electrons. The molecule has 0 unspecified atom stereocenters. The Morgan fingerprint density at radius 3 is 2.82 bits per heavy atom. The van der Waals surface area contributed by atoms with Gasteiger partial charge in [0.1, 0.15) is 5.58 Å². The van der Waals surface area contributed by atoms with Gasteiger partial charge in [0.05, 0.1) is 5.70 Å². The van der Waals surface area contributed by atoms with E-state index in [-0.39, 0.29) is 5.41 Å². The van der Waals surface area contributed by atoms with Gasteiger partial charge in [-0.1, -0.05) is 51.1 Å². The maximum absolute atomic E-state index is 6.18. The summed E-state index contributed by atoms with van der Waals surface area (Å²) in [5.41, 5.74) is 5.18. The van der Waals surface area contributed by atoms with Crippen molar-refractivity contribution in [2.75, 3.05) is 0 Å². The number of para-hydroxylation sites is 1. The number of hydrogen-bond donors (Lipinski definition) is 0. The van der Waals surface area contributed by atoms with Crippen LogP contribution in [0.25, 0.3) is 22.7 Å². The lowest BCUT2D eigenvalue weighted by atomic mass is 9.92. The first-order valence-corrected chi connectivity index (χ1v) is 7.90. The summed E-state index contributed by atoms with van der Waals surface area (Å²) >= 11 is 0. The summed E-state index contributed by atoms with van der Waals surface area (Å²) in [4.78, 5) is 4.76. The molecule has 1 heterocycles. The minimum atomic E-state index is -0.102. The molecule has 0 aliphatic heterocycles. The highest BCUT2D eigenvalue weighted by atomic mass is 16.3. The molecule has 0 bridgehead atoms. The average molecular weight is 293 g/mol. The van der Waals surface area contributed by atoms with Crippen molar-refractivity contribution in [1.82, 2.24) is 0 Å². The molecule has 0 atom stereocenters. The van der Waals surface area contributed by atoms with E-state index in [0.717, 1.165) is 23.1 Å². The maximum atomic E-state index is 6.18. The number of rotatable bonds is 3. The van der Waals surface area contributed by atoms with E-state index in [4.69, 9.17) is 9.41 Å². The van der Waals surface area contributed by atoms with Crippen molar-refractivity contribution in [3.05, 3.63) is 46.0 Å². The number of furan rings is 1. The summed E-state index contributed by atoms with van der Waals surface area (Å²) in [5, 5.41) is 2.38. The lowest BCUT2D eigenvalue weighted by Gasteiger charge is -2.16. The fourth-order valence-corrected chi connectivity index (χ4v) is 3.09. The Kier molecular flexibility index (Phi) is 3.56. The number of allylic oxidation sites excluding steroid dienone is 2. The lowest BCUT2D eigenvalue weighted by molar-refractivity contribution is 0.559. The number of nitrogens with zero attached hydrogens (tertiary/aromatic N) is 1. The third-order valence-corrected chi connectivity index (χ3v) is 4.20. The van der Waals surface area contributed by atoms with Crippen LogP contribution in [0.4, 0.5) is 0 Å². The number of hydrogen-bond acceptors (Lipinski definition) is 2. The van der Waals surface area contributed by atoms with Crippen molar-refractivity contribution in [3.63, 3.8) is 0 Å². The fourth-order valence-electron chi connectivity index (χ4n) is 3.09. The molecule has 0 spiro atoms. The second-order valence-corrected chi connectivity index (χ2v) is 6.63. The monoisotopic (exact) mass is 293 g/mol. The third-order valence-electron chi connectivity index (χ3n) is 4.20. The predicted octanol–water partition coefficient (Wildman–Crippen LogP) is 4.10. The minimum Gasteiger partial charge on any atom is -0.454 e. The molecule has 2 heteroatoms. The van der Waals surface area contributed by atoms with E-state index >= 15 is 0 Å². The SMILES string of the molecule is CC/C=C(/C)C=NC1=c2oc3c(C)cccc3c2=CC1(C)C. The molecule has 2 nitrogen and oxygen atoms in total. The van der Waals surface area contributed by atoms with Crippen LogP contribution >= 0.6 is 0 Å². The first kappa shape index (κ1) is 14.8. The van der Waals surface area contributed by atoms with Gasteiger partial charge in [-0.25, -0.2) is 0 Å². The number of aliphatic imine (C=N–C) groups is 1. The minimum absolute atomic E-state index is 0.102. The summed E-state index contributed by atoms with van der Waals surface area (Å²) in [5.74, 6) is 0. The van der Waals surface area contributed by atoms with Crippen LogP contribution in [0, 0.1) is 12.3 Å². The Hall–Kier alpha value is -2.09. The maximum Gasteiger partial charge on any atom is 0.157 e. The molecule has 3 rings (SSSR count). The van der Waals surface area contributed by atoms with Gasteiger partial charge in [-0.2, -0.15) is 0 Å². The van der Waals surface area contributed by atoms with Crippen molar-refractivity contribution >= 4 is 29.0 Å². The second kappa shape index (κ2) is 5.28. The third kappa shape index (κ3) is 2.33. The van der Waals surface area contributed by atoms with Crippen molar-refractivity contribution < 1.29 is 4.42 Å². The van der Waals surface area contributed by atoms with Gasteiger partial charge in [0, 0.05) is 22.2 Å². The van der Waals surface area contributed by atoms with Crippen LogP contribution in [0.3, 0.4) is 0 Å². The molecule has 1 aliphatic rings. The van der Waals surface area contributed by atoms with Gasteiger partial charge < -0.3 is 4.42 Å². The fraction of sp³-hybridized carbons (Fsp3) is 0.350. The smallest absolute Gasteiger partial charge is 0.157 e. The average Bonchev–Trinajstić information content (AvgIpc) is 2.90. The van der Waals surface area contributed by atoms with Crippen molar-refractivity contribution in [2.24, 2.45) is 10.4 Å². The molecule has 22 heavy (non-hydrogen) atoms. The van der Waals surface area contributed by atoms with Gasteiger partial charge in [-0.15, -0.1) is 0 Å². The number of benzene rings is 1. The van der Waals surface area contributed by atoms with Gasteiger partial charge in [-0.3, -0.25) is 4.99 Å². The standard InChI is InChI=1S/C20H23NO/c1-6-8-13(2)12-21-19-18-16(11-20(19,4)5)15-10-7-9-14(3)17(15)22-18/h7-12H,6H2,1-5H3/b13-8-,21-12?. The largest absolute Gasteiger partial charge is 0.454 e. The normalized spacial score (nSPS) is 17.3. The first-order chi connectivity index (χ1) is 10.4. The zero-order chi connectivity index (χ0) is 15.9. The van der Waals surface area contributed by atoms with Gasteiger partial charge >= 0.3 is 0 Å². The number of fused-ring (bicyclic) bond motifs is 3. The zero-order valence-electron chi connectivity index (χ0n) is 14.0. The highest BCUT2D eigenvalue weighted by Gasteiger charge is 2.29. The second-order valence-electron chi connectivity index (χ2n) is 6.63. The molecule has 0 fully saturated rings. The molecule has 0 radical (unpaired) electrons. The predicted molar refractivity (Wildman–Crippen MR) is 94.4 cm³/mol. The van der Waals surface area contributed by atoms with Gasteiger partial charge in [0.2, 0.25) is 0 Å². The molecule has 1 aromatic carbocycles. The van der Waals surface area contributed by atoms with Crippen LogP contribution in [0.1, 0.15) is 39.7 Å². The Morgan fingerprint density at radius 2 is 2.09 bits per heavy atom. The van der Waals surface area contributed by atoms with Crippen molar-refractivity contribution in [2.45, 2.75) is 41.0 Å². The molecule has 1 aliphatic carbocycles. The van der Waals surface area contributed by atoms with E-state index in [1.165, 1.54) is 21.7 Å². The van der Waals surface area contributed by atoms with Crippen LogP contribution in [-0.2, 0) is 0 Å². The van der Waals surface area contributed by atoms with E-state index in [0.29, 0.717) is 0 Å². The van der Waals surface area contributed by atoms with Crippen LogP contribution in [0.15, 0.2) is 39.3 Å². The van der Waals surface area contributed by atoms with Crippen LogP contribution in [-0.4, -0.2) is 6.21 Å². The molecule has 0 N–H and O–H groups in total. The van der Waals surface area contributed by atoms with Crippen molar-refractivity contribution in [3.8, 4) is 0 Å². The topological polar surface area (TPSA) is 25.5 Å². The van der Waals surface area contributed by atoms with E-state index < -0.39 is 0 Å². The number of aryl methyl sites for hydroxylation is 1.